The van der Waals surface area contributed by atoms with Gasteiger partial charge in [-0.1, -0.05) is 26.0 Å². The molecule has 4 aliphatic rings. The van der Waals surface area contributed by atoms with Crippen LogP contribution in [-0.4, -0.2) is 27.5 Å². The third-order valence-electron chi connectivity index (χ3n) is 7.72. The first-order valence-electron chi connectivity index (χ1n) is 8.81. The van der Waals surface area contributed by atoms with E-state index in [0.29, 0.717) is 23.5 Å². The lowest BCUT2D eigenvalue weighted by atomic mass is 9.45. The lowest BCUT2D eigenvalue weighted by Gasteiger charge is -2.60. The van der Waals surface area contributed by atoms with Gasteiger partial charge in [0.2, 0.25) is 0 Å². The fraction of sp³-hybridized carbons (Fsp3) is 0.789. The zero-order valence-corrected chi connectivity index (χ0v) is 13.6. The Kier molecular flexibility index (Phi) is 3.09. The van der Waals surface area contributed by atoms with Crippen LogP contribution in [0.4, 0.5) is 0 Å². The highest BCUT2D eigenvalue weighted by Crippen LogP contribution is 2.64. The molecular formula is C19H28O3. The molecule has 8 atom stereocenters. The van der Waals surface area contributed by atoms with Crippen molar-refractivity contribution in [1.29, 1.82) is 0 Å². The molecule has 4 aliphatic carbocycles. The molecule has 4 rings (SSSR count). The summed E-state index contributed by atoms with van der Waals surface area (Å²) in [4.78, 5) is 0. The Morgan fingerprint density at radius 2 is 1.91 bits per heavy atom. The highest BCUT2D eigenvalue weighted by molar-refractivity contribution is 5.24. The molecule has 3 nitrogen and oxygen atoms in total. The Morgan fingerprint density at radius 3 is 2.68 bits per heavy atom. The van der Waals surface area contributed by atoms with Gasteiger partial charge in [-0.3, -0.25) is 0 Å². The van der Waals surface area contributed by atoms with Gasteiger partial charge in [0.05, 0.1) is 18.0 Å². The average molecular weight is 304 g/mol. The van der Waals surface area contributed by atoms with Crippen molar-refractivity contribution >= 4 is 0 Å². The summed E-state index contributed by atoms with van der Waals surface area (Å²) in [6.45, 7) is 4.50. The molecule has 3 heteroatoms. The predicted molar refractivity (Wildman–Crippen MR) is 85.1 cm³/mol. The van der Waals surface area contributed by atoms with Crippen LogP contribution in [0.25, 0.3) is 0 Å². The zero-order valence-electron chi connectivity index (χ0n) is 13.6. The molecular weight excluding hydrogens is 276 g/mol. The number of rotatable bonds is 0. The summed E-state index contributed by atoms with van der Waals surface area (Å²) in [5.74, 6) is 2.00. The van der Waals surface area contributed by atoms with Crippen LogP contribution in [0, 0.1) is 34.5 Å². The lowest BCUT2D eigenvalue weighted by molar-refractivity contribution is -0.138. The van der Waals surface area contributed by atoms with Gasteiger partial charge < -0.3 is 15.3 Å². The third kappa shape index (κ3) is 1.75. The van der Waals surface area contributed by atoms with Crippen molar-refractivity contribution in [2.24, 2.45) is 34.5 Å². The van der Waals surface area contributed by atoms with Crippen molar-refractivity contribution in [1.82, 2.24) is 0 Å². The maximum atomic E-state index is 10.9. The van der Waals surface area contributed by atoms with Crippen molar-refractivity contribution in [2.75, 3.05) is 0 Å². The summed E-state index contributed by atoms with van der Waals surface area (Å²) in [5.41, 5.74) is -0.0497. The lowest BCUT2D eigenvalue weighted by Crippen LogP contribution is -2.57. The highest BCUT2D eigenvalue weighted by atomic mass is 16.3. The molecule has 0 radical (unpaired) electrons. The Balaban J connectivity index is 1.72. The second-order valence-corrected chi connectivity index (χ2v) is 8.60. The summed E-state index contributed by atoms with van der Waals surface area (Å²) in [6.07, 6.45) is 10.0. The zero-order chi connectivity index (χ0) is 15.7. The summed E-state index contributed by atoms with van der Waals surface area (Å²) in [7, 11) is 0. The second-order valence-electron chi connectivity index (χ2n) is 8.60. The predicted octanol–water partition coefficient (Wildman–Crippen LogP) is 3.19. The Hall–Kier alpha value is -0.800. The molecule has 0 spiro atoms. The fourth-order valence-corrected chi connectivity index (χ4v) is 6.31. The fourth-order valence-electron chi connectivity index (χ4n) is 6.31. The normalized spacial score (nSPS) is 56.8. The molecule has 0 aliphatic heterocycles. The first kappa shape index (κ1) is 14.8. The minimum absolute atomic E-state index is 0.0860. The van der Waals surface area contributed by atoms with E-state index in [1.54, 1.807) is 0 Å². The van der Waals surface area contributed by atoms with Crippen LogP contribution < -0.4 is 0 Å². The summed E-state index contributed by atoms with van der Waals surface area (Å²) in [6, 6.07) is 0. The number of hydrogen-bond donors (Lipinski definition) is 3. The van der Waals surface area contributed by atoms with Crippen molar-refractivity contribution in [3.05, 3.63) is 24.0 Å². The maximum Gasteiger partial charge on any atom is 0.0944 e. The minimum Gasteiger partial charge on any atom is -0.512 e. The number of allylic oxidation sites excluding steroid dienone is 3. The minimum atomic E-state index is -0.354. The number of fused-ring (bicyclic) bond motifs is 5. The van der Waals surface area contributed by atoms with Gasteiger partial charge in [-0.05, 0) is 67.3 Å². The Labute approximate surface area is 132 Å². The van der Waals surface area contributed by atoms with Crippen LogP contribution in [-0.2, 0) is 0 Å². The first-order valence-corrected chi connectivity index (χ1v) is 8.81. The molecule has 122 valence electrons. The quantitative estimate of drug-likeness (QED) is 0.602. The number of hydrogen-bond acceptors (Lipinski definition) is 3. The third-order valence-corrected chi connectivity index (χ3v) is 7.72. The number of aliphatic hydroxyl groups is 3. The van der Waals surface area contributed by atoms with Crippen LogP contribution in [0.15, 0.2) is 24.0 Å². The smallest absolute Gasteiger partial charge is 0.0944 e. The Morgan fingerprint density at radius 1 is 1.14 bits per heavy atom. The van der Waals surface area contributed by atoms with E-state index in [0.717, 1.165) is 32.1 Å². The summed E-state index contributed by atoms with van der Waals surface area (Å²) >= 11 is 0. The van der Waals surface area contributed by atoms with E-state index in [4.69, 9.17) is 0 Å². The molecule has 0 saturated heterocycles. The van der Waals surface area contributed by atoms with E-state index < -0.39 is 0 Å². The van der Waals surface area contributed by atoms with Gasteiger partial charge in [-0.25, -0.2) is 0 Å². The van der Waals surface area contributed by atoms with Gasteiger partial charge in [0.25, 0.3) is 0 Å². The maximum absolute atomic E-state index is 10.9. The molecule has 3 unspecified atom stereocenters. The summed E-state index contributed by atoms with van der Waals surface area (Å²) in [5, 5.41) is 31.2. The molecule has 3 N–H and O–H groups in total. The molecule has 2 saturated carbocycles. The van der Waals surface area contributed by atoms with E-state index in [9.17, 15) is 15.3 Å². The van der Waals surface area contributed by atoms with Crippen molar-refractivity contribution in [3.63, 3.8) is 0 Å². The standard InChI is InChI=1S/C19H28O3/c1-18-7-5-12(20)9-11(18)10-15(21)17-13-3-4-16(22)19(13,2)8-6-14(17)18/h4-5,7,11-15,17,20-22H,3,6,8-10H2,1-2H3/t11?,12?,13-,14+,15?,17-,18-,19-/m0/s1. The highest BCUT2D eigenvalue weighted by Gasteiger charge is 2.60. The first-order chi connectivity index (χ1) is 10.4. The van der Waals surface area contributed by atoms with E-state index in [1.165, 1.54) is 0 Å². The molecule has 0 heterocycles. The van der Waals surface area contributed by atoms with Gasteiger partial charge in [-0.15, -0.1) is 0 Å². The van der Waals surface area contributed by atoms with Gasteiger partial charge in [-0.2, -0.15) is 0 Å². The molecule has 0 amide bonds. The molecule has 22 heavy (non-hydrogen) atoms. The van der Waals surface area contributed by atoms with E-state index in [-0.39, 0.29) is 29.0 Å². The van der Waals surface area contributed by atoms with E-state index in [2.05, 4.69) is 19.9 Å². The SMILES string of the molecule is C[C@]12C=CC(O)CC1CC(O)[C@@H]1[C@H]2CC[C@]2(C)C(O)=CC[C@@H]12. The van der Waals surface area contributed by atoms with Gasteiger partial charge in [0, 0.05) is 5.41 Å². The molecule has 0 aromatic heterocycles. The van der Waals surface area contributed by atoms with Gasteiger partial charge >= 0.3 is 0 Å². The van der Waals surface area contributed by atoms with Crippen molar-refractivity contribution in [3.8, 4) is 0 Å². The van der Waals surface area contributed by atoms with Crippen LogP contribution in [0.1, 0.15) is 46.0 Å². The Bertz CT molecular complexity index is 539. The van der Waals surface area contributed by atoms with Crippen LogP contribution in [0.3, 0.4) is 0 Å². The van der Waals surface area contributed by atoms with Gasteiger partial charge in [0.1, 0.15) is 0 Å². The van der Waals surface area contributed by atoms with Crippen molar-refractivity contribution in [2.45, 2.75) is 58.2 Å². The largest absolute Gasteiger partial charge is 0.512 e. The van der Waals surface area contributed by atoms with Gasteiger partial charge in [0.15, 0.2) is 0 Å². The van der Waals surface area contributed by atoms with Crippen molar-refractivity contribution < 1.29 is 15.3 Å². The van der Waals surface area contributed by atoms with Crippen LogP contribution >= 0.6 is 0 Å². The van der Waals surface area contributed by atoms with Crippen LogP contribution in [0.5, 0.6) is 0 Å². The molecule has 0 aromatic rings. The summed E-state index contributed by atoms with van der Waals surface area (Å²) < 4.78 is 0. The monoisotopic (exact) mass is 304 g/mol. The molecule has 0 bridgehead atoms. The topological polar surface area (TPSA) is 60.7 Å². The molecule has 0 aromatic carbocycles. The average Bonchev–Trinajstić information content (AvgIpc) is 2.77. The van der Waals surface area contributed by atoms with E-state index in [1.807, 2.05) is 12.2 Å². The second kappa shape index (κ2) is 4.61. The molecule has 2 fully saturated rings. The number of aliphatic hydroxyl groups excluding tert-OH is 3. The van der Waals surface area contributed by atoms with Crippen LogP contribution in [0.2, 0.25) is 0 Å². The van der Waals surface area contributed by atoms with E-state index >= 15 is 0 Å².